The van der Waals surface area contributed by atoms with Crippen molar-refractivity contribution in [2.75, 3.05) is 0 Å². The molecule has 0 aliphatic carbocycles. The van der Waals surface area contributed by atoms with Crippen LogP contribution in [0, 0.1) is 0 Å². The molecule has 0 fully saturated rings. The molecule has 0 N–H and O–H groups in total. The SMILES string of the molecule is c1ccc(C2=[As][As]=[As]CCCCC(c3ccccc3)=C2c2ccccc2)cc1. The zero-order valence-electron chi connectivity index (χ0n) is 15.8. The van der Waals surface area contributed by atoms with Crippen molar-refractivity contribution in [3.8, 4) is 0 Å². The van der Waals surface area contributed by atoms with Crippen molar-refractivity contribution in [2.24, 2.45) is 0 Å². The maximum absolute atomic E-state index is 2.33. The standard InChI is InChI=1S/C25H23As3/c1-4-12-20(13-5-1)23-18-10-11-19-26-28-27-25(22-16-8-3-9-17-22)24(23)21-14-6-2-7-15-21/h1-9,12-17H,10-11,18-19H2. The summed E-state index contributed by atoms with van der Waals surface area (Å²) in [6, 6.07) is 33.5. The van der Waals surface area contributed by atoms with Gasteiger partial charge in [0.15, 0.2) is 0 Å². The molecule has 4 rings (SSSR count). The maximum atomic E-state index is 2.33. The van der Waals surface area contributed by atoms with Crippen molar-refractivity contribution in [1.82, 2.24) is 0 Å². The van der Waals surface area contributed by atoms with E-state index in [4.69, 9.17) is 0 Å². The van der Waals surface area contributed by atoms with E-state index >= 15 is 0 Å². The molecule has 0 unspecified atom stereocenters. The number of benzene rings is 3. The van der Waals surface area contributed by atoms with Gasteiger partial charge in [-0.3, -0.25) is 0 Å². The minimum absolute atomic E-state index is 0.278. The number of hydrogen-bond donors (Lipinski definition) is 0. The monoisotopic (exact) mass is 548 g/mol. The van der Waals surface area contributed by atoms with E-state index in [2.05, 4.69) is 91.0 Å². The number of rotatable bonds is 3. The molecule has 0 aromatic heterocycles. The molecule has 0 radical (unpaired) electrons. The second-order valence-corrected chi connectivity index (χ2v) is 27.4. The van der Waals surface area contributed by atoms with E-state index in [1.54, 1.807) is 9.88 Å². The average molecular weight is 548 g/mol. The summed E-state index contributed by atoms with van der Waals surface area (Å²) < 4.78 is 1.67. The predicted molar refractivity (Wildman–Crippen MR) is 126 cm³/mol. The average Bonchev–Trinajstić information content (AvgIpc) is 2.78. The van der Waals surface area contributed by atoms with Gasteiger partial charge in [-0.15, -0.1) is 0 Å². The van der Waals surface area contributed by atoms with Crippen LogP contribution in [0.4, 0.5) is 0 Å². The molecule has 0 bridgehead atoms. The molecule has 138 valence electrons. The van der Waals surface area contributed by atoms with E-state index in [1.807, 2.05) is 0 Å². The Morgan fingerprint density at radius 2 is 1.14 bits per heavy atom. The van der Waals surface area contributed by atoms with E-state index in [0.29, 0.717) is 24.2 Å². The van der Waals surface area contributed by atoms with Gasteiger partial charge in [0.2, 0.25) is 0 Å². The van der Waals surface area contributed by atoms with E-state index in [9.17, 15) is 0 Å². The van der Waals surface area contributed by atoms with Crippen LogP contribution < -0.4 is 0 Å². The van der Waals surface area contributed by atoms with Gasteiger partial charge in [-0.25, -0.2) is 0 Å². The molecule has 3 aromatic rings. The van der Waals surface area contributed by atoms with Crippen LogP contribution in [-0.2, 0) is 0 Å². The molecule has 0 saturated carbocycles. The Bertz CT molecular complexity index is 988. The molecule has 0 atom stereocenters. The fourth-order valence-electron chi connectivity index (χ4n) is 3.57. The summed E-state index contributed by atoms with van der Waals surface area (Å²) in [5.41, 5.74) is 7.35. The van der Waals surface area contributed by atoms with Crippen LogP contribution in [0.25, 0.3) is 11.1 Å². The van der Waals surface area contributed by atoms with Crippen molar-refractivity contribution < 1.29 is 0 Å². The van der Waals surface area contributed by atoms with Crippen LogP contribution in [0.2, 0.25) is 5.21 Å². The van der Waals surface area contributed by atoms with E-state index < -0.39 is 0 Å². The van der Waals surface area contributed by atoms with Crippen LogP contribution >= 0.6 is 0 Å². The first-order valence-corrected chi connectivity index (χ1v) is 22.4. The normalized spacial score (nSPS) is 16.9. The van der Waals surface area contributed by atoms with Gasteiger partial charge in [-0.05, 0) is 0 Å². The zero-order chi connectivity index (χ0) is 19.0. The van der Waals surface area contributed by atoms with Crippen molar-refractivity contribution in [3.05, 3.63) is 108 Å². The Morgan fingerprint density at radius 1 is 0.571 bits per heavy atom. The molecule has 0 nitrogen and oxygen atoms in total. The molecule has 1 aliphatic heterocycles. The summed E-state index contributed by atoms with van der Waals surface area (Å²) in [7, 11) is 0. The minimum atomic E-state index is 0.278. The first kappa shape index (κ1) is 20.2. The van der Waals surface area contributed by atoms with Crippen molar-refractivity contribution in [3.63, 3.8) is 0 Å². The third kappa shape index (κ3) is 5.10. The Labute approximate surface area is 183 Å². The van der Waals surface area contributed by atoms with Gasteiger partial charge in [0, 0.05) is 0 Å². The van der Waals surface area contributed by atoms with Gasteiger partial charge in [0.05, 0.1) is 0 Å². The fraction of sp³-hybridized carbons (Fsp3) is 0.160. The van der Waals surface area contributed by atoms with Gasteiger partial charge >= 0.3 is 185 Å². The summed E-state index contributed by atoms with van der Waals surface area (Å²) >= 11 is 1.42. The quantitative estimate of drug-likeness (QED) is 0.387. The van der Waals surface area contributed by atoms with E-state index in [1.165, 1.54) is 46.7 Å². The Morgan fingerprint density at radius 3 is 1.79 bits per heavy atom. The van der Waals surface area contributed by atoms with Crippen LogP contribution in [0.3, 0.4) is 0 Å². The summed E-state index contributed by atoms with van der Waals surface area (Å²) in [5, 5.41) is 1.51. The molecule has 1 heterocycles. The predicted octanol–water partition coefficient (Wildman–Crippen LogP) is 5.36. The molecule has 3 heteroatoms. The first-order valence-electron chi connectivity index (χ1n) is 9.78. The van der Waals surface area contributed by atoms with Gasteiger partial charge in [0.1, 0.15) is 0 Å². The van der Waals surface area contributed by atoms with E-state index in [0.717, 1.165) is 0 Å². The summed E-state index contributed by atoms with van der Waals surface area (Å²) in [5.74, 6) is 0. The summed E-state index contributed by atoms with van der Waals surface area (Å²) in [6.07, 6.45) is 3.91. The third-order valence-corrected chi connectivity index (χ3v) is 26.8. The molecular weight excluding hydrogens is 525 g/mol. The Kier molecular flexibility index (Phi) is 7.69. The second-order valence-electron chi connectivity index (χ2n) is 6.81. The molecular formula is C25H23As3. The molecule has 28 heavy (non-hydrogen) atoms. The van der Waals surface area contributed by atoms with Crippen LogP contribution in [0.15, 0.2) is 91.0 Å². The van der Waals surface area contributed by atoms with E-state index in [-0.39, 0.29) is 13.2 Å². The van der Waals surface area contributed by atoms with Gasteiger partial charge in [0.25, 0.3) is 0 Å². The molecule has 1 aliphatic rings. The molecule has 0 saturated heterocycles. The Balaban J connectivity index is 2.02. The zero-order valence-corrected chi connectivity index (χ0v) is 21.5. The van der Waals surface area contributed by atoms with Crippen LogP contribution in [-0.4, -0.2) is 41.8 Å². The third-order valence-electron chi connectivity index (χ3n) is 4.91. The van der Waals surface area contributed by atoms with Crippen LogP contribution in [0.5, 0.6) is 0 Å². The van der Waals surface area contributed by atoms with Crippen LogP contribution in [0.1, 0.15) is 36.0 Å². The summed E-state index contributed by atoms with van der Waals surface area (Å²) in [6.45, 7) is 0. The number of hydrogen-bond acceptors (Lipinski definition) is 0. The number of allylic oxidation sites excluding steroid dienone is 2. The molecule has 0 amide bonds. The first-order chi connectivity index (χ1) is 13.9. The van der Waals surface area contributed by atoms with Crippen molar-refractivity contribution in [2.45, 2.75) is 24.5 Å². The summed E-state index contributed by atoms with van der Waals surface area (Å²) in [4.78, 5) is 0. The van der Waals surface area contributed by atoms with Crippen molar-refractivity contribution >= 4 is 52.9 Å². The topological polar surface area (TPSA) is 0 Å². The second kappa shape index (κ2) is 10.6. The van der Waals surface area contributed by atoms with Crippen molar-refractivity contribution in [1.29, 1.82) is 0 Å². The molecule has 3 aromatic carbocycles. The fourth-order valence-corrected chi connectivity index (χ4v) is 26.4. The van der Waals surface area contributed by atoms with Gasteiger partial charge in [-0.2, -0.15) is 0 Å². The van der Waals surface area contributed by atoms with Gasteiger partial charge < -0.3 is 0 Å². The van der Waals surface area contributed by atoms with Gasteiger partial charge in [-0.1, -0.05) is 0 Å². The Hall–Kier alpha value is -1.05. The molecule has 0 spiro atoms.